The smallest absolute Gasteiger partial charge is 0.317 e. The van der Waals surface area contributed by atoms with Gasteiger partial charge < -0.3 is 15.3 Å². The fourth-order valence-corrected chi connectivity index (χ4v) is 2.91. The molecule has 1 amide bonds. The minimum atomic E-state index is -0.825. The van der Waals surface area contributed by atoms with Gasteiger partial charge in [0.25, 0.3) is 0 Å². The Morgan fingerprint density at radius 2 is 1.89 bits per heavy atom. The summed E-state index contributed by atoms with van der Waals surface area (Å²) in [4.78, 5) is 24.6. The van der Waals surface area contributed by atoms with Crippen LogP contribution in [0, 0.1) is 11.8 Å². The highest BCUT2D eigenvalue weighted by atomic mass is 16.4. The zero-order valence-corrected chi connectivity index (χ0v) is 11.4. The van der Waals surface area contributed by atoms with E-state index in [0.29, 0.717) is 24.3 Å². The van der Waals surface area contributed by atoms with E-state index >= 15 is 0 Å². The molecule has 1 aliphatic carbocycles. The van der Waals surface area contributed by atoms with Gasteiger partial charge in [0.15, 0.2) is 0 Å². The molecule has 0 aromatic rings. The third-order valence-corrected chi connectivity index (χ3v) is 4.27. The summed E-state index contributed by atoms with van der Waals surface area (Å²) < 4.78 is 0. The number of likely N-dealkylation sites (tertiary alicyclic amines) is 1. The number of hydrogen-bond acceptors (Lipinski definition) is 3. The second-order valence-corrected chi connectivity index (χ2v) is 5.87. The first-order valence-electron chi connectivity index (χ1n) is 7.35. The fraction of sp³-hybridized carbons (Fsp3) is 0.857. The number of nitrogens with one attached hydrogen (secondary N) is 1. The molecule has 0 aromatic heterocycles. The van der Waals surface area contributed by atoms with Crippen molar-refractivity contribution in [3.05, 3.63) is 0 Å². The number of aliphatic carboxylic acids is 1. The summed E-state index contributed by atoms with van der Waals surface area (Å²) in [6, 6.07) is 0. The number of nitrogens with zero attached hydrogens (tertiary/aromatic N) is 1. The van der Waals surface area contributed by atoms with Crippen LogP contribution in [0.3, 0.4) is 0 Å². The third kappa shape index (κ3) is 4.49. The first-order chi connectivity index (χ1) is 9.15. The standard InChI is InChI=1S/C14H24N2O3/c17-13(7-11-3-1-4-11)16-6-2-5-12(10-16)8-15-9-14(18)19/h11-12,15H,1-10H2,(H,18,19). The molecule has 5 nitrogen and oxygen atoms in total. The lowest BCUT2D eigenvalue weighted by Crippen LogP contribution is -2.44. The minimum absolute atomic E-state index is 0.00647. The Hall–Kier alpha value is -1.10. The van der Waals surface area contributed by atoms with E-state index in [-0.39, 0.29) is 6.54 Å². The van der Waals surface area contributed by atoms with Crippen LogP contribution in [0.1, 0.15) is 38.5 Å². The second-order valence-electron chi connectivity index (χ2n) is 5.87. The van der Waals surface area contributed by atoms with Gasteiger partial charge in [0.2, 0.25) is 5.91 Å². The van der Waals surface area contributed by atoms with E-state index in [9.17, 15) is 9.59 Å². The van der Waals surface area contributed by atoms with Crippen molar-refractivity contribution in [2.45, 2.75) is 38.5 Å². The molecular weight excluding hydrogens is 244 g/mol. The van der Waals surface area contributed by atoms with Crippen molar-refractivity contribution in [1.82, 2.24) is 10.2 Å². The van der Waals surface area contributed by atoms with Crippen LogP contribution in [0.2, 0.25) is 0 Å². The number of hydrogen-bond donors (Lipinski definition) is 2. The molecule has 1 aliphatic heterocycles. The molecule has 19 heavy (non-hydrogen) atoms. The van der Waals surface area contributed by atoms with Gasteiger partial charge in [-0.05, 0) is 37.5 Å². The normalized spacial score (nSPS) is 24.0. The van der Waals surface area contributed by atoms with Crippen molar-refractivity contribution in [1.29, 1.82) is 0 Å². The lowest BCUT2D eigenvalue weighted by Gasteiger charge is -2.35. The van der Waals surface area contributed by atoms with Crippen molar-refractivity contribution in [3.63, 3.8) is 0 Å². The summed E-state index contributed by atoms with van der Waals surface area (Å²) in [6.45, 7) is 2.37. The molecule has 0 spiro atoms. The minimum Gasteiger partial charge on any atom is -0.480 e. The Labute approximate surface area is 114 Å². The van der Waals surface area contributed by atoms with Crippen LogP contribution >= 0.6 is 0 Å². The maximum atomic E-state index is 12.1. The Morgan fingerprint density at radius 1 is 1.16 bits per heavy atom. The first kappa shape index (κ1) is 14.3. The van der Waals surface area contributed by atoms with Gasteiger partial charge in [-0.25, -0.2) is 0 Å². The predicted octanol–water partition coefficient (Wildman–Crippen LogP) is 1.09. The van der Waals surface area contributed by atoms with Gasteiger partial charge in [-0.1, -0.05) is 6.42 Å². The molecule has 1 saturated heterocycles. The molecule has 2 aliphatic rings. The van der Waals surface area contributed by atoms with Gasteiger partial charge in [0, 0.05) is 26.1 Å². The van der Waals surface area contributed by atoms with Gasteiger partial charge in [-0.2, -0.15) is 0 Å². The molecule has 1 saturated carbocycles. The first-order valence-corrected chi connectivity index (χ1v) is 7.35. The molecule has 1 atom stereocenters. The van der Waals surface area contributed by atoms with E-state index in [1.807, 2.05) is 4.90 Å². The number of piperidine rings is 1. The Morgan fingerprint density at radius 3 is 2.53 bits per heavy atom. The number of carbonyl (C=O) groups excluding carboxylic acids is 1. The molecule has 2 fully saturated rings. The van der Waals surface area contributed by atoms with E-state index in [4.69, 9.17) is 5.11 Å². The Balaban J connectivity index is 1.69. The number of carboxylic acid groups (broad SMARTS) is 1. The van der Waals surface area contributed by atoms with Crippen molar-refractivity contribution in [2.24, 2.45) is 11.8 Å². The molecule has 1 unspecified atom stereocenters. The molecular formula is C14H24N2O3. The summed E-state index contributed by atoms with van der Waals surface area (Å²) in [5, 5.41) is 11.5. The third-order valence-electron chi connectivity index (χ3n) is 4.27. The molecule has 108 valence electrons. The maximum Gasteiger partial charge on any atom is 0.317 e. The molecule has 2 N–H and O–H groups in total. The van der Waals surface area contributed by atoms with Gasteiger partial charge in [-0.3, -0.25) is 9.59 Å². The van der Waals surface area contributed by atoms with Gasteiger partial charge in [-0.15, -0.1) is 0 Å². The van der Waals surface area contributed by atoms with Crippen LogP contribution in [-0.4, -0.2) is 48.1 Å². The summed E-state index contributed by atoms with van der Waals surface area (Å²) in [7, 11) is 0. The lowest BCUT2D eigenvalue weighted by molar-refractivity contribution is -0.137. The van der Waals surface area contributed by atoms with Crippen molar-refractivity contribution < 1.29 is 14.7 Å². The van der Waals surface area contributed by atoms with E-state index in [1.165, 1.54) is 19.3 Å². The number of carbonyl (C=O) groups is 2. The SMILES string of the molecule is O=C(O)CNCC1CCCN(C(=O)CC2CCC2)C1. The van der Waals surface area contributed by atoms with Crippen molar-refractivity contribution in [2.75, 3.05) is 26.2 Å². The number of amides is 1. The number of rotatable bonds is 6. The summed E-state index contributed by atoms with van der Waals surface area (Å²) in [5.74, 6) is 0.498. The van der Waals surface area contributed by atoms with Gasteiger partial charge in [0.1, 0.15) is 0 Å². The fourth-order valence-electron chi connectivity index (χ4n) is 2.91. The van der Waals surface area contributed by atoms with Crippen LogP contribution in [-0.2, 0) is 9.59 Å². The van der Waals surface area contributed by atoms with E-state index < -0.39 is 5.97 Å². The van der Waals surface area contributed by atoms with Crippen LogP contribution < -0.4 is 5.32 Å². The van der Waals surface area contributed by atoms with Crippen LogP contribution in [0.15, 0.2) is 0 Å². The molecule has 5 heteroatoms. The number of carboxylic acids is 1. The monoisotopic (exact) mass is 268 g/mol. The van der Waals surface area contributed by atoms with Gasteiger partial charge in [0.05, 0.1) is 6.54 Å². The zero-order chi connectivity index (χ0) is 13.7. The van der Waals surface area contributed by atoms with Crippen molar-refractivity contribution >= 4 is 11.9 Å². The summed E-state index contributed by atoms with van der Waals surface area (Å²) in [5.41, 5.74) is 0. The van der Waals surface area contributed by atoms with E-state index in [2.05, 4.69) is 5.32 Å². The average Bonchev–Trinajstić information content (AvgIpc) is 2.33. The molecule has 2 rings (SSSR count). The highest BCUT2D eigenvalue weighted by molar-refractivity contribution is 5.76. The highest BCUT2D eigenvalue weighted by Crippen LogP contribution is 2.30. The summed E-state index contributed by atoms with van der Waals surface area (Å²) in [6.07, 6.45) is 6.54. The maximum absolute atomic E-state index is 12.1. The van der Waals surface area contributed by atoms with E-state index in [0.717, 1.165) is 32.4 Å². The van der Waals surface area contributed by atoms with E-state index in [1.54, 1.807) is 0 Å². The topological polar surface area (TPSA) is 69.6 Å². The van der Waals surface area contributed by atoms with Crippen LogP contribution in [0.25, 0.3) is 0 Å². The zero-order valence-electron chi connectivity index (χ0n) is 11.4. The molecule has 1 heterocycles. The Bertz CT molecular complexity index is 329. The Kier molecular flexibility index (Phi) is 5.19. The molecule has 0 aromatic carbocycles. The largest absolute Gasteiger partial charge is 0.480 e. The lowest BCUT2D eigenvalue weighted by atomic mass is 9.82. The molecule has 0 radical (unpaired) electrons. The molecule has 0 bridgehead atoms. The predicted molar refractivity (Wildman–Crippen MR) is 71.8 cm³/mol. The van der Waals surface area contributed by atoms with Crippen molar-refractivity contribution in [3.8, 4) is 0 Å². The second kappa shape index (κ2) is 6.89. The average molecular weight is 268 g/mol. The summed E-state index contributed by atoms with van der Waals surface area (Å²) >= 11 is 0. The van der Waals surface area contributed by atoms with Crippen LogP contribution in [0.4, 0.5) is 0 Å². The highest BCUT2D eigenvalue weighted by Gasteiger charge is 2.27. The van der Waals surface area contributed by atoms with Gasteiger partial charge >= 0.3 is 5.97 Å². The quantitative estimate of drug-likeness (QED) is 0.756. The van der Waals surface area contributed by atoms with Crippen LogP contribution in [0.5, 0.6) is 0 Å².